The number of ether oxygens (including phenoxy) is 2. The van der Waals surface area contributed by atoms with E-state index in [2.05, 4.69) is 35.1 Å². The Kier molecular flexibility index (Phi) is 6.47. The maximum absolute atomic E-state index is 13.6. The number of para-hydroxylation sites is 1. The second-order valence-corrected chi connectivity index (χ2v) is 8.28. The number of amides is 1. The highest BCUT2D eigenvalue weighted by molar-refractivity contribution is 5.95. The maximum Gasteiger partial charge on any atom is 0.254 e. The van der Waals surface area contributed by atoms with Crippen LogP contribution in [0.2, 0.25) is 0 Å². The van der Waals surface area contributed by atoms with Crippen molar-refractivity contribution in [2.75, 3.05) is 34.4 Å². The quantitative estimate of drug-likeness (QED) is 0.589. The van der Waals surface area contributed by atoms with E-state index in [9.17, 15) is 4.79 Å². The highest BCUT2D eigenvalue weighted by atomic mass is 16.5. The highest BCUT2D eigenvalue weighted by Crippen LogP contribution is 2.25. The number of likely N-dealkylation sites (tertiary alicyclic amines) is 1. The minimum Gasteiger partial charge on any atom is -0.497 e. The summed E-state index contributed by atoms with van der Waals surface area (Å²) >= 11 is 0. The van der Waals surface area contributed by atoms with Gasteiger partial charge in [-0.1, -0.05) is 18.2 Å². The summed E-state index contributed by atoms with van der Waals surface area (Å²) < 4.78 is 10.8. The molecule has 0 aliphatic carbocycles. The number of rotatable bonds is 8. The van der Waals surface area contributed by atoms with Crippen molar-refractivity contribution in [1.82, 2.24) is 14.8 Å². The van der Waals surface area contributed by atoms with Gasteiger partial charge in [0.15, 0.2) is 0 Å². The fraction of sp³-hybridized carbons (Fsp3) is 0.400. The van der Waals surface area contributed by atoms with Gasteiger partial charge < -0.3 is 24.3 Å². The number of carbonyl (C=O) groups excluding carboxylic acids is 1. The molecule has 6 heteroatoms. The second-order valence-electron chi connectivity index (χ2n) is 8.28. The van der Waals surface area contributed by atoms with Crippen LogP contribution in [0.5, 0.6) is 11.5 Å². The van der Waals surface area contributed by atoms with Gasteiger partial charge in [-0.2, -0.15) is 0 Å². The third-order valence-electron chi connectivity index (χ3n) is 6.24. The lowest BCUT2D eigenvalue weighted by Crippen LogP contribution is -2.35. The van der Waals surface area contributed by atoms with Crippen LogP contribution in [0, 0.1) is 0 Å². The predicted octanol–water partition coefficient (Wildman–Crippen LogP) is 4.31. The first-order chi connectivity index (χ1) is 15.1. The van der Waals surface area contributed by atoms with Gasteiger partial charge in [0.05, 0.1) is 20.8 Å². The number of nitrogens with one attached hydrogen (secondary N) is 1. The molecule has 0 radical (unpaired) electrons. The standard InChI is InChI=1S/C25H31N3O3/c1-27-11-6-8-21(27)10-12-28(17-20-13-18-7-4-5-9-24(18)26-20)25(29)19-14-22(30-2)16-23(15-19)31-3/h4-5,7,9,13-16,21,26H,6,8,10-12,17H2,1-3H3. The van der Waals surface area contributed by atoms with Crippen LogP contribution < -0.4 is 9.47 Å². The lowest BCUT2D eigenvalue weighted by molar-refractivity contribution is 0.0726. The molecule has 4 rings (SSSR count). The average Bonchev–Trinajstić information content (AvgIpc) is 3.40. The Morgan fingerprint density at radius 1 is 1.13 bits per heavy atom. The minimum atomic E-state index is -0.0171. The van der Waals surface area contributed by atoms with Crippen molar-refractivity contribution in [3.63, 3.8) is 0 Å². The zero-order valence-corrected chi connectivity index (χ0v) is 18.6. The van der Waals surface area contributed by atoms with Crippen molar-refractivity contribution in [2.24, 2.45) is 0 Å². The van der Waals surface area contributed by atoms with E-state index < -0.39 is 0 Å². The summed E-state index contributed by atoms with van der Waals surface area (Å²) in [6.45, 7) is 2.36. The summed E-state index contributed by atoms with van der Waals surface area (Å²) in [4.78, 5) is 21.4. The molecule has 0 spiro atoms. The predicted molar refractivity (Wildman–Crippen MR) is 123 cm³/mol. The van der Waals surface area contributed by atoms with E-state index >= 15 is 0 Å². The number of hydrogen-bond acceptors (Lipinski definition) is 4. The molecule has 6 nitrogen and oxygen atoms in total. The molecule has 0 saturated carbocycles. The Hall–Kier alpha value is -2.99. The summed E-state index contributed by atoms with van der Waals surface area (Å²) in [5.41, 5.74) is 2.69. The average molecular weight is 422 g/mol. The number of benzene rings is 2. The summed E-state index contributed by atoms with van der Waals surface area (Å²) in [6, 6.07) is 16.2. The van der Waals surface area contributed by atoms with Crippen LogP contribution in [0.1, 0.15) is 35.3 Å². The fourth-order valence-corrected chi connectivity index (χ4v) is 4.44. The Morgan fingerprint density at radius 3 is 2.52 bits per heavy atom. The molecule has 1 fully saturated rings. The molecule has 1 N–H and O–H groups in total. The van der Waals surface area contributed by atoms with E-state index in [1.54, 1.807) is 32.4 Å². The molecule has 2 heterocycles. The lowest BCUT2D eigenvalue weighted by Gasteiger charge is -2.26. The molecule has 164 valence electrons. The maximum atomic E-state index is 13.6. The zero-order valence-electron chi connectivity index (χ0n) is 18.6. The molecular formula is C25H31N3O3. The zero-order chi connectivity index (χ0) is 21.8. The van der Waals surface area contributed by atoms with Gasteiger partial charge in [0.25, 0.3) is 5.91 Å². The van der Waals surface area contributed by atoms with Crippen LogP contribution >= 0.6 is 0 Å². The molecular weight excluding hydrogens is 390 g/mol. The first kappa shape index (κ1) is 21.2. The SMILES string of the molecule is COc1cc(OC)cc(C(=O)N(CCC2CCCN2C)Cc2cc3ccccc3[nH]2)c1. The van der Waals surface area contributed by atoms with Crippen LogP contribution in [-0.2, 0) is 6.54 Å². The number of H-pyrrole nitrogens is 1. The normalized spacial score (nSPS) is 16.5. The molecule has 2 aromatic carbocycles. The molecule has 31 heavy (non-hydrogen) atoms. The van der Waals surface area contributed by atoms with Gasteiger partial charge in [-0.25, -0.2) is 0 Å². The smallest absolute Gasteiger partial charge is 0.254 e. The van der Waals surface area contributed by atoms with Gasteiger partial charge in [-0.05, 0) is 62.5 Å². The van der Waals surface area contributed by atoms with Crippen molar-refractivity contribution < 1.29 is 14.3 Å². The van der Waals surface area contributed by atoms with Gasteiger partial charge in [0, 0.05) is 35.4 Å². The van der Waals surface area contributed by atoms with Gasteiger partial charge >= 0.3 is 0 Å². The molecule has 1 aromatic heterocycles. The van der Waals surface area contributed by atoms with Gasteiger partial charge in [0.2, 0.25) is 0 Å². The number of hydrogen-bond donors (Lipinski definition) is 1. The van der Waals surface area contributed by atoms with Crippen molar-refractivity contribution in [2.45, 2.75) is 31.8 Å². The molecule has 0 bridgehead atoms. The number of methoxy groups -OCH3 is 2. The number of nitrogens with zero attached hydrogens (tertiary/aromatic N) is 2. The van der Waals surface area contributed by atoms with Crippen molar-refractivity contribution in [3.8, 4) is 11.5 Å². The third-order valence-corrected chi connectivity index (χ3v) is 6.24. The van der Waals surface area contributed by atoms with Crippen LogP contribution in [0.3, 0.4) is 0 Å². The summed E-state index contributed by atoms with van der Waals surface area (Å²) in [7, 11) is 5.37. The molecule has 1 aliphatic rings. The Bertz CT molecular complexity index is 990. The first-order valence-corrected chi connectivity index (χ1v) is 10.9. The van der Waals surface area contributed by atoms with Crippen molar-refractivity contribution in [1.29, 1.82) is 0 Å². The second kappa shape index (κ2) is 9.43. The largest absolute Gasteiger partial charge is 0.497 e. The highest BCUT2D eigenvalue weighted by Gasteiger charge is 2.24. The molecule has 1 saturated heterocycles. The Morgan fingerprint density at radius 2 is 1.87 bits per heavy atom. The summed E-state index contributed by atoms with van der Waals surface area (Å²) in [5, 5.41) is 1.16. The molecule has 1 amide bonds. The molecule has 1 unspecified atom stereocenters. The first-order valence-electron chi connectivity index (χ1n) is 10.9. The van der Waals surface area contributed by atoms with Gasteiger partial charge in [-0.3, -0.25) is 4.79 Å². The van der Waals surface area contributed by atoms with E-state index in [0.29, 0.717) is 36.2 Å². The van der Waals surface area contributed by atoms with Gasteiger partial charge in [-0.15, -0.1) is 0 Å². The van der Waals surface area contributed by atoms with Crippen LogP contribution in [0.4, 0.5) is 0 Å². The summed E-state index contributed by atoms with van der Waals surface area (Å²) in [5.74, 6) is 1.21. The Labute approximate surface area is 183 Å². The molecule has 1 atom stereocenters. The minimum absolute atomic E-state index is 0.0171. The molecule has 1 aliphatic heterocycles. The third kappa shape index (κ3) is 4.85. The van der Waals surface area contributed by atoms with Crippen LogP contribution in [0.15, 0.2) is 48.5 Å². The topological polar surface area (TPSA) is 57.8 Å². The van der Waals surface area contributed by atoms with E-state index in [0.717, 1.165) is 29.6 Å². The van der Waals surface area contributed by atoms with Gasteiger partial charge in [0.1, 0.15) is 11.5 Å². The number of fused-ring (bicyclic) bond motifs is 1. The Balaban J connectivity index is 1.59. The van der Waals surface area contributed by atoms with E-state index in [1.807, 2.05) is 17.0 Å². The molecule has 3 aromatic rings. The van der Waals surface area contributed by atoms with Crippen LogP contribution in [0.25, 0.3) is 10.9 Å². The fourth-order valence-electron chi connectivity index (χ4n) is 4.44. The monoisotopic (exact) mass is 421 g/mol. The van der Waals surface area contributed by atoms with Crippen molar-refractivity contribution in [3.05, 3.63) is 59.8 Å². The van der Waals surface area contributed by atoms with E-state index in [4.69, 9.17) is 9.47 Å². The lowest BCUT2D eigenvalue weighted by atomic mass is 10.1. The van der Waals surface area contributed by atoms with E-state index in [1.165, 1.54) is 12.8 Å². The number of aromatic nitrogens is 1. The van der Waals surface area contributed by atoms with E-state index in [-0.39, 0.29) is 5.91 Å². The summed E-state index contributed by atoms with van der Waals surface area (Å²) in [6.07, 6.45) is 3.38. The number of aromatic amines is 1. The number of carbonyl (C=O) groups is 1. The van der Waals surface area contributed by atoms with Crippen LogP contribution in [-0.4, -0.2) is 61.1 Å². The van der Waals surface area contributed by atoms with Crippen molar-refractivity contribution >= 4 is 16.8 Å².